The van der Waals surface area contributed by atoms with Crippen LogP contribution >= 0.6 is 0 Å². The molecule has 2 aromatic heterocycles. The molecule has 0 aliphatic heterocycles. The minimum Gasteiger partial charge on any atom is -0.307 e. The highest BCUT2D eigenvalue weighted by Gasteiger charge is 2.31. The lowest BCUT2D eigenvalue weighted by atomic mass is 9.81. The van der Waals surface area contributed by atoms with Gasteiger partial charge in [-0.2, -0.15) is 21.0 Å². The predicted octanol–water partition coefficient (Wildman–Crippen LogP) is 16.9. The zero-order chi connectivity index (χ0) is 50.8. The second-order valence-electron chi connectivity index (χ2n) is 19.0. The SMILES string of the molecule is Cc1c(C#N)c(-n2c3ccc(-c4ccccc4)cc3c3cc(-c4ccccc4)ccc32)c(C#N)c(C)c1-c1c(C)c(C#N)c(-n2c3ccc(-c4ccccc4)cc3c3cc(-c4ccccc4)ccc32)c(C#N)c1C. The summed E-state index contributed by atoms with van der Waals surface area (Å²) >= 11 is 0. The Kier molecular flexibility index (Phi) is 10.8. The molecular weight excluding hydrogens is 901 g/mol. The van der Waals surface area contributed by atoms with Crippen molar-refractivity contribution in [2.24, 2.45) is 0 Å². The second-order valence-corrected chi connectivity index (χ2v) is 19.0. The van der Waals surface area contributed by atoms with Crippen LogP contribution in [0.5, 0.6) is 0 Å². The number of rotatable bonds is 7. The van der Waals surface area contributed by atoms with Gasteiger partial charge in [-0.15, -0.1) is 0 Å². The van der Waals surface area contributed by atoms with E-state index in [-0.39, 0.29) is 0 Å². The Balaban J connectivity index is 1.11. The number of hydrogen-bond acceptors (Lipinski definition) is 4. The van der Waals surface area contributed by atoms with Crippen molar-refractivity contribution in [1.82, 2.24) is 9.13 Å². The average Bonchev–Trinajstić information content (AvgIpc) is 3.95. The van der Waals surface area contributed by atoms with Gasteiger partial charge in [0.05, 0.1) is 55.7 Å². The number of fused-ring (bicyclic) bond motifs is 6. The number of nitrogens with zero attached hydrogens (tertiary/aromatic N) is 6. The van der Waals surface area contributed by atoms with E-state index in [1.807, 2.05) is 100 Å². The molecule has 346 valence electrons. The number of aromatic nitrogens is 2. The number of benzene rings is 10. The van der Waals surface area contributed by atoms with Crippen molar-refractivity contribution in [3.63, 3.8) is 0 Å². The summed E-state index contributed by atoms with van der Waals surface area (Å²) in [5.74, 6) is 0. The monoisotopic (exact) mass is 944 g/mol. The van der Waals surface area contributed by atoms with Crippen molar-refractivity contribution >= 4 is 43.6 Å². The molecule has 0 aliphatic carbocycles. The van der Waals surface area contributed by atoms with E-state index in [0.717, 1.165) is 88.1 Å². The third-order valence-corrected chi connectivity index (χ3v) is 15.1. The Morgan fingerprint density at radius 3 is 0.689 bits per heavy atom. The van der Waals surface area contributed by atoms with Crippen molar-refractivity contribution in [3.05, 3.63) is 239 Å². The van der Waals surface area contributed by atoms with Gasteiger partial charge in [0.1, 0.15) is 24.3 Å². The van der Waals surface area contributed by atoms with Crippen LogP contribution < -0.4 is 0 Å². The van der Waals surface area contributed by atoms with Crippen LogP contribution in [-0.2, 0) is 0 Å². The van der Waals surface area contributed by atoms with Crippen molar-refractivity contribution in [3.8, 4) is 91.3 Å². The molecule has 0 spiro atoms. The van der Waals surface area contributed by atoms with E-state index in [0.29, 0.717) is 67.0 Å². The molecule has 12 aromatic rings. The van der Waals surface area contributed by atoms with Crippen LogP contribution in [0.15, 0.2) is 194 Å². The Bertz CT molecular complexity index is 3910. The standard InChI is InChI=1S/C68H44N6/c1-41-57(37-69)67(73-61-29-25-49(45-17-9-5-10-18-45)33-53(61)54-34-50(26-30-62(54)73)46-19-11-6-12-20-46)58(38-70)42(2)65(41)66-43(3)59(39-71)68(60(40-72)44(66)4)74-63-31-27-51(47-21-13-7-14-22-47)35-55(63)56-36-52(28-32-64(56)74)48-23-15-8-16-24-48/h5-36H,1-4H3. The van der Waals surface area contributed by atoms with E-state index in [4.69, 9.17) is 0 Å². The molecule has 0 unspecified atom stereocenters. The van der Waals surface area contributed by atoms with Gasteiger partial charge >= 0.3 is 0 Å². The first-order valence-corrected chi connectivity index (χ1v) is 24.6. The Labute approximate surface area is 429 Å². The largest absolute Gasteiger partial charge is 0.307 e. The summed E-state index contributed by atoms with van der Waals surface area (Å²) in [6, 6.07) is 76.9. The fourth-order valence-corrected chi connectivity index (χ4v) is 11.5. The van der Waals surface area contributed by atoms with Gasteiger partial charge in [0, 0.05) is 21.5 Å². The minimum absolute atomic E-state index is 0.339. The predicted molar refractivity (Wildman–Crippen MR) is 300 cm³/mol. The normalized spacial score (nSPS) is 11.2. The third kappa shape index (κ3) is 6.90. The zero-order valence-electron chi connectivity index (χ0n) is 41.2. The zero-order valence-corrected chi connectivity index (χ0v) is 41.2. The van der Waals surface area contributed by atoms with Crippen LogP contribution in [-0.4, -0.2) is 9.13 Å². The molecule has 0 aliphatic rings. The molecule has 6 nitrogen and oxygen atoms in total. The molecule has 10 aromatic carbocycles. The molecule has 0 bridgehead atoms. The van der Waals surface area contributed by atoms with E-state index in [1.54, 1.807) is 0 Å². The molecule has 74 heavy (non-hydrogen) atoms. The van der Waals surface area contributed by atoms with Crippen LogP contribution in [0.1, 0.15) is 44.5 Å². The molecule has 0 saturated heterocycles. The summed E-state index contributed by atoms with van der Waals surface area (Å²) in [4.78, 5) is 0. The summed E-state index contributed by atoms with van der Waals surface area (Å²) in [6.45, 7) is 7.69. The van der Waals surface area contributed by atoms with Crippen LogP contribution in [0, 0.1) is 73.0 Å². The van der Waals surface area contributed by atoms with Crippen molar-refractivity contribution in [1.29, 1.82) is 21.0 Å². The second kappa shape index (κ2) is 17.9. The van der Waals surface area contributed by atoms with Crippen molar-refractivity contribution in [2.75, 3.05) is 0 Å². The van der Waals surface area contributed by atoms with Gasteiger partial charge in [-0.3, -0.25) is 0 Å². The lowest BCUT2D eigenvalue weighted by molar-refractivity contribution is 1.12. The van der Waals surface area contributed by atoms with Gasteiger partial charge in [-0.1, -0.05) is 146 Å². The lowest BCUT2D eigenvalue weighted by Crippen LogP contribution is -2.11. The van der Waals surface area contributed by atoms with E-state index in [9.17, 15) is 21.0 Å². The van der Waals surface area contributed by atoms with Gasteiger partial charge in [0.2, 0.25) is 0 Å². The maximum Gasteiger partial charge on any atom is 0.102 e. The smallest absolute Gasteiger partial charge is 0.102 e. The maximum absolute atomic E-state index is 11.4. The van der Waals surface area contributed by atoms with Crippen LogP contribution in [0.3, 0.4) is 0 Å². The van der Waals surface area contributed by atoms with E-state index in [1.165, 1.54) is 0 Å². The van der Waals surface area contributed by atoms with E-state index in [2.05, 4.69) is 155 Å². The highest BCUT2D eigenvalue weighted by atomic mass is 15.0. The first-order chi connectivity index (χ1) is 36.2. The van der Waals surface area contributed by atoms with Gasteiger partial charge < -0.3 is 9.13 Å². The third-order valence-electron chi connectivity index (χ3n) is 15.1. The average molecular weight is 945 g/mol. The van der Waals surface area contributed by atoms with Gasteiger partial charge in [0.15, 0.2) is 0 Å². The molecule has 6 heteroatoms. The van der Waals surface area contributed by atoms with Gasteiger partial charge in [-0.05, 0) is 154 Å². The Morgan fingerprint density at radius 1 is 0.270 bits per heavy atom. The number of nitriles is 4. The van der Waals surface area contributed by atoms with Crippen molar-refractivity contribution in [2.45, 2.75) is 27.7 Å². The van der Waals surface area contributed by atoms with Gasteiger partial charge in [0.25, 0.3) is 0 Å². The Morgan fingerprint density at radius 2 is 0.486 bits per heavy atom. The molecule has 2 heterocycles. The van der Waals surface area contributed by atoms with Gasteiger partial charge in [-0.25, -0.2) is 0 Å². The number of hydrogen-bond donors (Lipinski definition) is 0. The molecule has 12 rings (SSSR count). The molecule has 0 fully saturated rings. The van der Waals surface area contributed by atoms with E-state index >= 15 is 0 Å². The molecule has 0 radical (unpaired) electrons. The first-order valence-electron chi connectivity index (χ1n) is 24.6. The summed E-state index contributed by atoms with van der Waals surface area (Å²) < 4.78 is 4.15. The highest BCUT2D eigenvalue weighted by Crippen LogP contribution is 2.47. The van der Waals surface area contributed by atoms with Crippen LogP contribution in [0.25, 0.3) is 111 Å². The fraction of sp³-hybridized carbons (Fsp3) is 0.0588. The fourth-order valence-electron chi connectivity index (χ4n) is 11.5. The minimum atomic E-state index is 0.339. The van der Waals surface area contributed by atoms with Crippen molar-refractivity contribution < 1.29 is 0 Å². The maximum atomic E-state index is 11.4. The lowest BCUT2D eigenvalue weighted by Gasteiger charge is -2.25. The Hall–Kier alpha value is -10.2. The molecule has 0 N–H and O–H groups in total. The molecular formula is C68H44N6. The highest BCUT2D eigenvalue weighted by molar-refractivity contribution is 6.14. The van der Waals surface area contributed by atoms with E-state index < -0.39 is 0 Å². The molecule has 0 amide bonds. The quantitative estimate of drug-likeness (QED) is 0.159. The van der Waals surface area contributed by atoms with Crippen LogP contribution in [0.2, 0.25) is 0 Å². The molecule has 0 saturated carbocycles. The topological polar surface area (TPSA) is 105 Å². The molecule has 0 atom stereocenters. The summed E-state index contributed by atoms with van der Waals surface area (Å²) in [6.07, 6.45) is 0. The summed E-state index contributed by atoms with van der Waals surface area (Å²) in [7, 11) is 0. The summed E-state index contributed by atoms with van der Waals surface area (Å²) in [5.41, 5.74) is 18.3. The summed E-state index contributed by atoms with van der Waals surface area (Å²) in [5, 5.41) is 49.7. The first kappa shape index (κ1) is 44.9. The van der Waals surface area contributed by atoms with Crippen LogP contribution in [0.4, 0.5) is 0 Å².